The van der Waals surface area contributed by atoms with Crippen LogP contribution >= 0.6 is 0 Å². The van der Waals surface area contributed by atoms with E-state index in [0.717, 1.165) is 6.54 Å². The van der Waals surface area contributed by atoms with E-state index < -0.39 is 5.97 Å². The Balaban J connectivity index is 1.74. The monoisotopic (exact) mass is 268 g/mol. The van der Waals surface area contributed by atoms with Gasteiger partial charge in [0.25, 0.3) is 0 Å². The van der Waals surface area contributed by atoms with Crippen molar-refractivity contribution in [3.05, 3.63) is 23.7 Å². The van der Waals surface area contributed by atoms with Gasteiger partial charge in [0.15, 0.2) is 0 Å². The molecule has 1 aromatic rings. The van der Waals surface area contributed by atoms with Gasteiger partial charge in [-0.05, 0) is 12.1 Å². The van der Waals surface area contributed by atoms with Crippen LogP contribution in [0, 0.1) is 0 Å². The Bertz CT molecular complexity index is 451. The fourth-order valence-corrected chi connectivity index (χ4v) is 1.82. The number of carboxylic acids is 1. The Morgan fingerprint density at radius 1 is 1.47 bits per heavy atom. The zero-order chi connectivity index (χ0) is 13.7. The summed E-state index contributed by atoms with van der Waals surface area (Å²) in [5.74, 6) is -0.970. The van der Waals surface area contributed by atoms with Crippen molar-refractivity contribution in [1.29, 1.82) is 0 Å². The SMILES string of the molecule is O=C(CC1COCCN1)NCc1ccc(C(=O)O)o1. The van der Waals surface area contributed by atoms with Gasteiger partial charge >= 0.3 is 5.97 Å². The molecule has 7 heteroatoms. The van der Waals surface area contributed by atoms with Crippen molar-refractivity contribution in [3.63, 3.8) is 0 Å². The highest BCUT2D eigenvalue weighted by Crippen LogP contribution is 2.07. The number of carbonyl (C=O) groups is 2. The molecule has 0 spiro atoms. The molecular formula is C12H16N2O5. The van der Waals surface area contributed by atoms with Crippen LogP contribution in [0.3, 0.4) is 0 Å². The zero-order valence-corrected chi connectivity index (χ0v) is 10.3. The first-order valence-corrected chi connectivity index (χ1v) is 6.05. The van der Waals surface area contributed by atoms with E-state index >= 15 is 0 Å². The highest BCUT2D eigenvalue weighted by Gasteiger charge is 2.17. The van der Waals surface area contributed by atoms with Gasteiger partial charge in [0.1, 0.15) is 5.76 Å². The summed E-state index contributed by atoms with van der Waals surface area (Å²) in [6.07, 6.45) is 0.326. The highest BCUT2D eigenvalue weighted by atomic mass is 16.5. The van der Waals surface area contributed by atoms with E-state index in [1.54, 1.807) is 0 Å². The first-order valence-electron chi connectivity index (χ1n) is 6.05. The third-order valence-corrected chi connectivity index (χ3v) is 2.76. The Morgan fingerprint density at radius 3 is 2.95 bits per heavy atom. The molecule has 0 saturated carbocycles. The van der Waals surface area contributed by atoms with Crippen LogP contribution in [0.25, 0.3) is 0 Å². The van der Waals surface area contributed by atoms with E-state index in [1.165, 1.54) is 12.1 Å². The lowest BCUT2D eigenvalue weighted by molar-refractivity contribution is -0.122. The third kappa shape index (κ3) is 4.08. The van der Waals surface area contributed by atoms with E-state index in [-0.39, 0.29) is 24.3 Å². The molecule has 1 unspecified atom stereocenters. The lowest BCUT2D eigenvalue weighted by atomic mass is 10.2. The Morgan fingerprint density at radius 2 is 2.32 bits per heavy atom. The minimum absolute atomic E-state index is 0.0277. The van der Waals surface area contributed by atoms with Gasteiger partial charge in [0, 0.05) is 19.0 Å². The molecule has 2 heterocycles. The predicted molar refractivity (Wildman–Crippen MR) is 64.7 cm³/mol. The van der Waals surface area contributed by atoms with E-state index in [0.29, 0.717) is 25.4 Å². The molecule has 0 radical (unpaired) electrons. The number of aromatic carboxylic acids is 1. The second kappa shape index (κ2) is 6.35. The summed E-state index contributed by atoms with van der Waals surface area (Å²) in [4.78, 5) is 22.3. The maximum absolute atomic E-state index is 11.7. The maximum atomic E-state index is 11.7. The third-order valence-electron chi connectivity index (χ3n) is 2.76. The van der Waals surface area contributed by atoms with Crippen LogP contribution in [0.15, 0.2) is 16.5 Å². The molecule has 0 bridgehead atoms. The minimum atomic E-state index is -1.12. The van der Waals surface area contributed by atoms with E-state index in [2.05, 4.69) is 10.6 Å². The summed E-state index contributed by atoms with van der Waals surface area (Å²) >= 11 is 0. The number of furan rings is 1. The van der Waals surface area contributed by atoms with Crippen LogP contribution in [0.2, 0.25) is 0 Å². The number of hydrogen-bond acceptors (Lipinski definition) is 5. The number of carbonyl (C=O) groups excluding carboxylic acids is 1. The second-order valence-corrected chi connectivity index (χ2v) is 4.28. The highest BCUT2D eigenvalue weighted by molar-refractivity contribution is 5.84. The fraction of sp³-hybridized carbons (Fsp3) is 0.500. The smallest absolute Gasteiger partial charge is 0.371 e. The molecule has 2 rings (SSSR count). The molecule has 1 saturated heterocycles. The second-order valence-electron chi connectivity index (χ2n) is 4.28. The van der Waals surface area contributed by atoms with Crippen LogP contribution in [0.5, 0.6) is 0 Å². The van der Waals surface area contributed by atoms with E-state index in [1.807, 2.05) is 0 Å². The summed E-state index contributed by atoms with van der Waals surface area (Å²) in [5, 5.41) is 14.5. The Kier molecular flexibility index (Phi) is 4.53. The molecule has 3 N–H and O–H groups in total. The summed E-state index contributed by atoms with van der Waals surface area (Å²) < 4.78 is 10.3. The van der Waals surface area contributed by atoms with E-state index in [9.17, 15) is 9.59 Å². The first kappa shape index (κ1) is 13.6. The largest absolute Gasteiger partial charge is 0.475 e. The molecule has 1 atom stereocenters. The average molecular weight is 268 g/mol. The normalized spacial score (nSPS) is 19.1. The molecule has 104 valence electrons. The van der Waals surface area contributed by atoms with Gasteiger partial charge in [-0.15, -0.1) is 0 Å². The van der Waals surface area contributed by atoms with Crippen molar-refractivity contribution in [3.8, 4) is 0 Å². The van der Waals surface area contributed by atoms with Gasteiger partial charge in [-0.3, -0.25) is 4.79 Å². The maximum Gasteiger partial charge on any atom is 0.371 e. The number of hydrogen-bond donors (Lipinski definition) is 3. The van der Waals surface area contributed by atoms with Crippen LogP contribution in [0.1, 0.15) is 22.7 Å². The molecule has 1 aliphatic heterocycles. The van der Waals surface area contributed by atoms with Gasteiger partial charge in [-0.1, -0.05) is 0 Å². The summed E-state index contributed by atoms with van der Waals surface area (Å²) in [6, 6.07) is 2.92. The fourth-order valence-electron chi connectivity index (χ4n) is 1.82. The Labute approximate surface area is 109 Å². The molecule has 1 aromatic heterocycles. The number of rotatable bonds is 5. The number of ether oxygens (including phenoxy) is 1. The molecule has 0 aliphatic carbocycles. The van der Waals surface area contributed by atoms with Crippen molar-refractivity contribution in [2.24, 2.45) is 0 Å². The Hall–Kier alpha value is -1.86. The van der Waals surface area contributed by atoms with Crippen LogP contribution in [-0.4, -0.2) is 42.8 Å². The number of amides is 1. The summed E-state index contributed by atoms with van der Waals surface area (Å²) in [6.45, 7) is 2.12. The number of morpholine rings is 1. The van der Waals surface area contributed by atoms with Crippen molar-refractivity contribution < 1.29 is 23.8 Å². The quantitative estimate of drug-likeness (QED) is 0.693. The van der Waals surface area contributed by atoms with E-state index in [4.69, 9.17) is 14.3 Å². The molecule has 1 fully saturated rings. The number of carboxylic acid groups (broad SMARTS) is 1. The molecule has 1 aliphatic rings. The van der Waals surface area contributed by atoms with Gasteiger partial charge in [-0.2, -0.15) is 0 Å². The van der Waals surface area contributed by atoms with Gasteiger partial charge in [0.05, 0.1) is 19.8 Å². The van der Waals surface area contributed by atoms with Crippen molar-refractivity contribution in [1.82, 2.24) is 10.6 Å². The number of nitrogens with one attached hydrogen (secondary N) is 2. The van der Waals surface area contributed by atoms with Crippen LogP contribution in [0.4, 0.5) is 0 Å². The topological polar surface area (TPSA) is 101 Å². The van der Waals surface area contributed by atoms with Crippen molar-refractivity contribution in [2.75, 3.05) is 19.8 Å². The van der Waals surface area contributed by atoms with Crippen molar-refractivity contribution in [2.45, 2.75) is 19.0 Å². The minimum Gasteiger partial charge on any atom is -0.475 e. The first-order chi connectivity index (χ1) is 9.15. The predicted octanol–water partition coefficient (Wildman–Crippen LogP) is -0.0275. The standard InChI is InChI=1S/C12H16N2O5/c15-11(5-8-7-18-4-3-13-8)14-6-9-1-2-10(19-9)12(16)17/h1-2,8,13H,3-7H2,(H,14,15)(H,16,17). The summed E-state index contributed by atoms with van der Waals surface area (Å²) in [7, 11) is 0. The van der Waals surface area contributed by atoms with Crippen molar-refractivity contribution >= 4 is 11.9 Å². The lowest BCUT2D eigenvalue weighted by Crippen LogP contribution is -2.44. The van der Waals surface area contributed by atoms with Gasteiger partial charge in [0.2, 0.25) is 11.7 Å². The van der Waals surface area contributed by atoms with Gasteiger partial charge in [-0.25, -0.2) is 4.79 Å². The molecule has 7 nitrogen and oxygen atoms in total. The molecule has 1 amide bonds. The zero-order valence-electron chi connectivity index (χ0n) is 10.3. The summed E-state index contributed by atoms with van der Waals surface area (Å²) in [5.41, 5.74) is 0. The molecular weight excluding hydrogens is 252 g/mol. The molecule has 0 aromatic carbocycles. The van der Waals surface area contributed by atoms with Crippen LogP contribution < -0.4 is 10.6 Å². The molecule has 19 heavy (non-hydrogen) atoms. The average Bonchev–Trinajstić information content (AvgIpc) is 2.86. The van der Waals surface area contributed by atoms with Crippen LogP contribution in [-0.2, 0) is 16.1 Å². The van der Waals surface area contributed by atoms with Gasteiger partial charge < -0.3 is 24.9 Å². The lowest BCUT2D eigenvalue weighted by Gasteiger charge is -2.23.